The van der Waals surface area contributed by atoms with Gasteiger partial charge in [-0.25, -0.2) is 0 Å². The van der Waals surface area contributed by atoms with Crippen LogP contribution in [0.3, 0.4) is 0 Å². The molecule has 0 saturated heterocycles. The summed E-state index contributed by atoms with van der Waals surface area (Å²) < 4.78 is 1.15. The molecule has 4 heteroatoms. The Hall–Kier alpha value is -0.840. The average molecular weight is 312 g/mol. The van der Waals surface area contributed by atoms with Gasteiger partial charge in [0, 0.05) is 23.5 Å². The molecule has 2 N–H and O–H groups in total. The van der Waals surface area contributed by atoms with Crippen LogP contribution in [0.2, 0.25) is 0 Å². The zero-order chi connectivity index (χ0) is 12.3. The predicted octanol–water partition coefficient (Wildman–Crippen LogP) is 3.81. The van der Waals surface area contributed by atoms with Gasteiger partial charge in [-0.15, -0.1) is 11.3 Å². The molecule has 0 unspecified atom stereocenters. The fourth-order valence-electron chi connectivity index (χ4n) is 1.62. The van der Waals surface area contributed by atoms with Crippen LogP contribution >= 0.6 is 27.3 Å². The molecule has 17 heavy (non-hydrogen) atoms. The summed E-state index contributed by atoms with van der Waals surface area (Å²) in [6.45, 7) is 3.53. The quantitative estimate of drug-likeness (QED) is 0.899. The molecule has 1 heterocycles. The number of aromatic hydroxyl groups is 1. The number of aryl methyl sites for hydroxylation is 1. The van der Waals surface area contributed by atoms with E-state index in [0.717, 1.165) is 15.9 Å². The summed E-state index contributed by atoms with van der Waals surface area (Å²) >= 11 is 5.16. The Labute approximate surface area is 113 Å². The Kier molecular flexibility index (Phi) is 4.20. The zero-order valence-corrected chi connectivity index (χ0v) is 11.9. The summed E-state index contributed by atoms with van der Waals surface area (Å²) in [5, 5.41) is 13.0. The molecular weight excluding hydrogens is 298 g/mol. The van der Waals surface area contributed by atoms with Crippen LogP contribution in [0.4, 0.5) is 0 Å². The Morgan fingerprint density at radius 2 is 2.06 bits per heavy atom. The number of thiophene rings is 1. The van der Waals surface area contributed by atoms with Gasteiger partial charge < -0.3 is 10.4 Å². The van der Waals surface area contributed by atoms with Crippen molar-refractivity contribution in [3.05, 3.63) is 50.1 Å². The summed E-state index contributed by atoms with van der Waals surface area (Å²) in [6, 6.07) is 9.81. The van der Waals surface area contributed by atoms with E-state index in [1.54, 1.807) is 17.4 Å². The van der Waals surface area contributed by atoms with E-state index in [0.29, 0.717) is 12.3 Å². The lowest BCUT2D eigenvalue weighted by Gasteiger charge is -2.06. The molecule has 1 aromatic carbocycles. The second-order valence-corrected chi connectivity index (χ2v) is 6.49. The van der Waals surface area contributed by atoms with Gasteiger partial charge in [-0.05, 0) is 41.1 Å². The van der Waals surface area contributed by atoms with Crippen LogP contribution in [-0.4, -0.2) is 5.11 Å². The van der Waals surface area contributed by atoms with Gasteiger partial charge in [-0.2, -0.15) is 0 Å². The lowest BCUT2D eigenvalue weighted by Crippen LogP contribution is -2.11. The average Bonchev–Trinajstić information content (AvgIpc) is 2.69. The second-order valence-electron chi connectivity index (χ2n) is 3.94. The van der Waals surface area contributed by atoms with Crippen molar-refractivity contribution in [3.63, 3.8) is 0 Å². The molecule has 0 saturated carbocycles. The maximum Gasteiger partial charge on any atom is 0.120 e. The van der Waals surface area contributed by atoms with Crippen LogP contribution in [0, 0.1) is 6.92 Å². The molecule has 90 valence electrons. The van der Waals surface area contributed by atoms with Crippen molar-refractivity contribution in [3.8, 4) is 5.75 Å². The van der Waals surface area contributed by atoms with Gasteiger partial charge in [0.05, 0.1) is 3.79 Å². The van der Waals surface area contributed by atoms with E-state index in [-0.39, 0.29) is 0 Å². The Bertz CT molecular complexity index is 510. The maximum absolute atomic E-state index is 9.69. The molecular formula is C13H14BrNOS. The fourth-order valence-corrected chi connectivity index (χ4v) is 3.08. The van der Waals surface area contributed by atoms with E-state index < -0.39 is 0 Å². The summed E-state index contributed by atoms with van der Waals surface area (Å²) in [5.74, 6) is 0.357. The van der Waals surface area contributed by atoms with Gasteiger partial charge >= 0.3 is 0 Å². The minimum atomic E-state index is 0.357. The zero-order valence-electron chi connectivity index (χ0n) is 9.53. The van der Waals surface area contributed by atoms with Crippen molar-refractivity contribution < 1.29 is 5.11 Å². The second kappa shape index (κ2) is 5.67. The molecule has 0 radical (unpaired) electrons. The molecule has 0 aliphatic rings. The monoisotopic (exact) mass is 311 g/mol. The molecule has 0 fully saturated rings. The van der Waals surface area contributed by atoms with Crippen molar-refractivity contribution in [2.75, 3.05) is 0 Å². The third kappa shape index (κ3) is 3.56. The van der Waals surface area contributed by atoms with Crippen molar-refractivity contribution >= 4 is 27.3 Å². The molecule has 0 amide bonds. The summed E-state index contributed by atoms with van der Waals surface area (Å²) in [4.78, 5) is 1.28. The van der Waals surface area contributed by atoms with Crippen molar-refractivity contribution in [1.82, 2.24) is 5.32 Å². The third-order valence-electron chi connectivity index (χ3n) is 2.48. The summed E-state index contributed by atoms with van der Waals surface area (Å²) in [7, 11) is 0. The predicted molar refractivity (Wildman–Crippen MR) is 75.4 cm³/mol. The van der Waals surface area contributed by atoms with Crippen molar-refractivity contribution in [2.45, 2.75) is 20.0 Å². The Balaban J connectivity index is 1.91. The van der Waals surface area contributed by atoms with E-state index in [2.05, 4.69) is 27.3 Å². The first kappa shape index (κ1) is 12.6. The van der Waals surface area contributed by atoms with E-state index in [4.69, 9.17) is 0 Å². The fraction of sp³-hybridized carbons (Fsp3) is 0.231. The number of hydrogen-bond acceptors (Lipinski definition) is 3. The highest BCUT2D eigenvalue weighted by Crippen LogP contribution is 2.22. The number of nitrogens with one attached hydrogen (secondary N) is 1. The smallest absolute Gasteiger partial charge is 0.120 e. The van der Waals surface area contributed by atoms with E-state index >= 15 is 0 Å². The van der Waals surface area contributed by atoms with Crippen LogP contribution in [-0.2, 0) is 13.1 Å². The lowest BCUT2D eigenvalue weighted by atomic mass is 10.1. The maximum atomic E-state index is 9.69. The Morgan fingerprint density at radius 1 is 1.24 bits per heavy atom. The standard InChI is InChI=1S/C13H14BrNOS/c1-9-2-4-12(16)10(6-9)7-15-8-11-3-5-13(14)17-11/h2-6,15-16H,7-8H2,1H3. The number of rotatable bonds is 4. The third-order valence-corrected chi connectivity index (χ3v) is 4.10. The van der Waals surface area contributed by atoms with Crippen LogP contribution in [0.5, 0.6) is 5.75 Å². The molecule has 2 nitrogen and oxygen atoms in total. The van der Waals surface area contributed by atoms with Crippen molar-refractivity contribution in [2.24, 2.45) is 0 Å². The molecule has 0 aliphatic heterocycles. The normalized spacial score (nSPS) is 10.7. The number of phenolic OH excluding ortho intramolecular Hbond substituents is 1. The van der Waals surface area contributed by atoms with Crippen LogP contribution in [0.1, 0.15) is 16.0 Å². The van der Waals surface area contributed by atoms with Crippen LogP contribution in [0.25, 0.3) is 0 Å². The van der Waals surface area contributed by atoms with Crippen molar-refractivity contribution in [1.29, 1.82) is 0 Å². The number of benzene rings is 1. The summed E-state index contributed by atoms with van der Waals surface area (Å²) in [5.41, 5.74) is 2.11. The first-order valence-corrected chi connectivity index (χ1v) is 6.99. The van der Waals surface area contributed by atoms with E-state index in [1.165, 1.54) is 10.4 Å². The van der Waals surface area contributed by atoms with Gasteiger partial charge in [0.1, 0.15) is 5.75 Å². The van der Waals surface area contributed by atoms with Gasteiger partial charge in [0.2, 0.25) is 0 Å². The molecule has 0 spiro atoms. The van der Waals surface area contributed by atoms with Gasteiger partial charge in [0.15, 0.2) is 0 Å². The Morgan fingerprint density at radius 3 is 2.76 bits per heavy atom. The SMILES string of the molecule is Cc1ccc(O)c(CNCc2ccc(Br)s2)c1. The number of phenols is 1. The number of hydrogen-bond donors (Lipinski definition) is 2. The first-order valence-electron chi connectivity index (χ1n) is 5.38. The molecule has 0 bridgehead atoms. The van der Waals surface area contributed by atoms with Crippen LogP contribution < -0.4 is 5.32 Å². The van der Waals surface area contributed by atoms with Crippen LogP contribution in [0.15, 0.2) is 34.1 Å². The minimum absolute atomic E-state index is 0.357. The topological polar surface area (TPSA) is 32.3 Å². The minimum Gasteiger partial charge on any atom is -0.508 e. The highest BCUT2D eigenvalue weighted by Gasteiger charge is 2.02. The molecule has 2 aromatic rings. The van der Waals surface area contributed by atoms with E-state index in [1.807, 2.05) is 25.1 Å². The lowest BCUT2D eigenvalue weighted by molar-refractivity contribution is 0.464. The highest BCUT2D eigenvalue weighted by atomic mass is 79.9. The number of halogens is 1. The molecule has 2 rings (SSSR count). The first-order chi connectivity index (χ1) is 8.15. The van der Waals surface area contributed by atoms with E-state index in [9.17, 15) is 5.11 Å². The van der Waals surface area contributed by atoms with Gasteiger partial charge in [-0.3, -0.25) is 0 Å². The molecule has 1 aromatic heterocycles. The largest absolute Gasteiger partial charge is 0.508 e. The van der Waals surface area contributed by atoms with Gasteiger partial charge in [-0.1, -0.05) is 17.7 Å². The van der Waals surface area contributed by atoms with Gasteiger partial charge in [0.25, 0.3) is 0 Å². The summed E-state index contributed by atoms with van der Waals surface area (Å²) in [6.07, 6.45) is 0. The molecule has 0 aliphatic carbocycles. The molecule has 0 atom stereocenters. The highest BCUT2D eigenvalue weighted by molar-refractivity contribution is 9.11.